The van der Waals surface area contributed by atoms with E-state index in [2.05, 4.69) is 6.92 Å². The molecular weight excluding hydrogens is 206 g/mol. The second kappa shape index (κ2) is 9.60. The Morgan fingerprint density at radius 3 is 2.56 bits per heavy atom. The molecule has 0 aromatic rings. The van der Waals surface area contributed by atoms with E-state index < -0.39 is 11.9 Å². The third-order valence-electron chi connectivity index (χ3n) is 2.74. The Kier molecular flexibility index (Phi) is 9.24. The summed E-state index contributed by atoms with van der Waals surface area (Å²) < 4.78 is 5.49. The summed E-state index contributed by atoms with van der Waals surface area (Å²) in [4.78, 5) is 10.9. The number of carboxylic acids is 1. The monoisotopic (exact) mass is 231 g/mol. The lowest BCUT2D eigenvalue weighted by Gasteiger charge is -2.21. The third-order valence-corrected chi connectivity index (χ3v) is 2.74. The van der Waals surface area contributed by atoms with Gasteiger partial charge in [0.25, 0.3) is 0 Å². The van der Waals surface area contributed by atoms with Crippen molar-refractivity contribution in [3.05, 3.63) is 0 Å². The van der Waals surface area contributed by atoms with Gasteiger partial charge in [-0.05, 0) is 13.3 Å². The van der Waals surface area contributed by atoms with Gasteiger partial charge < -0.3 is 15.6 Å². The van der Waals surface area contributed by atoms with Crippen LogP contribution >= 0.6 is 0 Å². The van der Waals surface area contributed by atoms with E-state index in [9.17, 15) is 4.79 Å². The first kappa shape index (κ1) is 15.4. The van der Waals surface area contributed by atoms with Gasteiger partial charge in [0, 0.05) is 6.54 Å². The van der Waals surface area contributed by atoms with E-state index in [4.69, 9.17) is 15.6 Å². The van der Waals surface area contributed by atoms with Crippen LogP contribution in [0.15, 0.2) is 0 Å². The molecule has 0 aromatic carbocycles. The summed E-state index contributed by atoms with van der Waals surface area (Å²) in [5.74, 6) is -1.24. The molecule has 0 spiro atoms. The predicted molar refractivity (Wildman–Crippen MR) is 64.4 cm³/mol. The van der Waals surface area contributed by atoms with Crippen molar-refractivity contribution in [2.75, 3.05) is 13.2 Å². The second-order valence-electron chi connectivity index (χ2n) is 4.17. The molecule has 0 amide bonds. The van der Waals surface area contributed by atoms with Gasteiger partial charge in [0.1, 0.15) is 0 Å². The van der Waals surface area contributed by atoms with Crippen molar-refractivity contribution in [1.29, 1.82) is 0 Å². The normalized spacial score (nSPS) is 14.7. The van der Waals surface area contributed by atoms with Gasteiger partial charge in [-0.1, -0.05) is 32.6 Å². The number of unbranched alkanes of at least 4 members (excludes halogenated alkanes) is 3. The maximum Gasteiger partial charge on any atom is 0.308 e. The van der Waals surface area contributed by atoms with Gasteiger partial charge in [0.05, 0.1) is 18.6 Å². The number of carbonyl (C=O) groups is 1. The van der Waals surface area contributed by atoms with Crippen LogP contribution in [0.1, 0.15) is 46.0 Å². The van der Waals surface area contributed by atoms with Crippen molar-refractivity contribution in [3.8, 4) is 0 Å². The van der Waals surface area contributed by atoms with Crippen LogP contribution in [0.25, 0.3) is 0 Å². The Hall–Kier alpha value is -0.610. The smallest absolute Gasteiger partial charge is 0.308 e. The highest BCUT2D eigenvalue weighted by molar-refractivity contribution is 5.70. The lowest BCUT2D eigenvalue weighted by Crippen LogP contribution is -2.30. The van der Waals surface area contributed by atoms with Gasteiger partial charge in [-0.3, -0.25) is 4.79 Å². The van der Waals surface area contributed by atoms with Gasteiger partial charge in [0.2, 0.25) is 0 Å². The maximum absolute atomic E-state index is 10.9. The molecule has 3 N–H and O–H groups in total. The number of rotatable bonds is 10. The third kappa shape index (κ3) is 6.80. The van der Waals surface area contributed by atoms with Crippen LogP contribution in [0.3, 0.4) is 0 Å². The highest BCUT2D eigenvalue weighted by atomic mass is 16.5. The molecule has 0 saturated heterocycles. The quantitative estimate of drug-likeness (QED) is 0.564. The molecule has 0 fully saturated rings. The van der Waals surface area contributed by atoms with Crippen molar-refractivity contribution < 1.29 is 14.6 Å². The molecule has 0 aliphatic carbocycles. The van der Waals surface area contributed by atoms with Crippen LogP contribution < -0.4 is 5.73 Å². The zero-order chi connectivity index (χ0) is 12.4. The average molecular weight is 231 g/mol. The van der Waals surface area contributed by atoms with E-state index >= 15 is 0 Å². The van der Waals surface area contributed by atoms with Gasteiger partial charge in [-0.15, -0.1) is 0 Å². The van der Waals surface area contributed by atoms with Crippen molar-refractivity contribution in [1.82, 2.24) is 0 Å². The van der Waals surface area contributed by atoms with E-state index in [0.29, 0.717) is 13.2 Å². The highest BCUT2D eigenvalue weighted by Crippen LogP contribution is 2.16. The minimum absolute atomic E-state index is 0.196. The summed E-state index contributed by atoms with van der Waals surface area (Å²) in [6.07, 6.45) is 5.17. The van der Waals surface area contributed by atoms with Gasteiger partial charge >= 0.3 is 5.97 Å². The minimum Gasteiger partial charge on any atom is -0.481 e. The second-order valence-corrected chi connectivity index (χ2v) is 4.17. The topological polar surface area (TPSA) is 72.5 Å². The predicted octanol–water partition coefficient (Wildman–Crippen LogP) is 2.02. The van der Waals surface area contributed by atoms with Crippen LogP contribution in [-0.2, 0) is 9.53 Å². The Bertz CT molecular complexity index is 185. The largest absolute Gasteiger partial charge is 0.481 e. The van der Waals surface area contributed by atoms with Gasteiger partial charge in [-0.25, -0.2) is 0 Å². The zero-order valence-electron chi connectivity index (χ0n) is 10.4. The van der Waals surface area contributed by atoms with Crippen LogP contribution in [0.4, 0.5) is 0 Å². The maximum atomic E-state index is 10.9. The average Bonchev–Trinajstić information content (AvgIpc) is 2.27. The molecule has 0 aliphatic heterocycles. The van der Waals surface area contributed by atoms with E-state index in [1.807, 2.05) is 0 Å². The molecule has 0 saturated carbocycles. The molecular formula is C12H25NO3. The molecule has 96 valence electrons. The molecule has 0 aliphatic rings. The SMILES string of the molecule is CCCCCC[C@@H](OCCN)[C@@H](C)C(=O)O. The lowest BCUT2D eigenvalue weighted by atomic mass is 9.98. The summed E-state index contributed by atoms with van der Waals surface area (Å²) in [6.45, 7) is 4.74. The Balaban J connectivity index is 3.94. The molecule has 0 bridgehead atoms. The van der Waals surface area contributed by atoms with Gasteiger partial charge in [0.15, 0.2) is 0 Å². The van der Waals surface area contributed by atoms with Gasteiger partial charge in [-0.2, -0.15) is 0 Å². The van der Waals surface area contributed by atoms with Crippen molar-refractivity contribution in [2.45, 2.75) is 52.1 Å². The summed E-state index contributed by atoms with van der Waals surface area (Å²) in [7, 11) is 0. The first-order valence-electron chi connectivity index (χ1n) is 6.18. The van der Waals surface area contributed by atoms with Crippen molar-refractivity contribution in [3.63, 3.8) is 0 Å². The Morgan fingerprint density at radius 2 is 2.06 bits per heavy atom. The lowest BCUT2D eigenvalue weighted by molar-refractivity contribution is -0.146. The number of ether oxygens (including phenoxy) is 1. The first-order valence-corrected chi connectivity index (χ1v) is 6.18. The molecule has 4 nitrogen and oxygen atoms in total. The van der Waals surface area contributed by atoms with Crippen LogP contribution in [0.2, 0.25) is 0 Å². The van der Waals surface area contributed by atoms with E-state index in [1.165, 1.54) is 12.8 Å². The number of carboxylic acid groups (broad SMARTS) is 1. The molecule has 0 rings (SSSR count). The summed E-state index contributed by atoms with van der Waals surface area (Å²) in [5.41, 5.74) is 5.36. The molecule has 0 heterocycles. The molecule has 16 heavy (non-hydrogen) atoms. The standard InChI is InChI=1S/C12H25NO3/c1-3-4-5-6-7-11(16-9-8-13)10(2)12(14)15/h10-11H,3-9,13H2,1-2H3,(H,14,15)/t10-,11-/m1/s1. The minimum atomic E-state index is -0.794. The summed E-state index contributed by atoms with van der Waals surface area (Å²) in [6, 6.07) is 0. The Labute approximate surface area is 98.2 Å². The van der Waals surface area contributed by atoms with Crippen LogP contribution in [-0.4, -0.2) is 30.3 Å². The number of nitrogens with two attached hydrogens (primary N) is 1. The van der Waals surface area contributed by atoms with Crippen LogP contribution in [0, 0.1) is 5.92 Å². The van der Waals surface area contributed by atoms with E-state index in [1.54, 1.807) is 6.92 Å². The number of hydrogen-bond donors (Lipinski definition) is 2. The Morgan fingerprint density at radius 1 is 1.38 bits per heavy atom. The molecule has 2 atom stereocenters. The number of aliphatic carboxylic acids is 1. The zero-order valence-corrected chi connectivity index (χ0v) is 10.4. The fourth-order valence-electron chi connectivity index (χ4n) is 1.63. The fourth-order valence-corrected chi connectivity index (χ4v) is 1.63. The molecule has 0 radical (unpaired) electrons. The summed E-state index contributed by atoms with van der Waals surface area (Å²) >= 11 is 0. The molecule has 0 unspecified atom stereocenters. The fraction of sp³-hybridized carbons (Fsp3) is 0.917. The summed E-state index contributed by atoms with van der Waals surface area (Å²) in [5, 5.41) is 8.94. The number of hydrogen-bond acceptors (Lipinski definition) is 3. The van der Waals surface area contributed by atoms with Crippen molar-refractivity contribution in [2.24, 2.45) is 11.7 Å². The van der Waals surface area contributed by atoms with Crippen LogP contribution in [0.5, 0.6) is 0 Å². The highest BCUT2D eigenvalue weighted by Gasteiger charge is 2.23. The van der Waals surface area contributed by atoms with E-state index in [0.717, 1.165) is 19.3 Å². The molecule has 0 aromatic heterocycles. The van der Waals surface area contributed by atoms with E-state index in [-0.39, 0.29) is 6.10 Å². The molecule has 4 heteroatoms. The first-order chi connectivity index (χ1) is 7.63. The van der Waals surface area contributed by atoms with Crippen molar-refractivity contribution >= 4 is 5.97 Å².